The van der Waals surface area contributed by atoms with Gasteiger partial charge in [0.25, 0.3) is 0 Å². The number of aromatic nitrogens is 3. The van der Waals surface area contributed by atoms with Gasteiger partial charge in [-0.3, -0.25) is 9.88 Å². The molecule has 1 N–H and O–H groups in total. The Labute approximate surface area is 188 Å². The number of H-pyrrole nitrogens is 1. The largest absolute Gasteiger partial charge is 0.348 e. The maximum Gasteiger partial charge on any atom is 0.120 e. The second kappa shape index (κ2) is 10.9. The number of aromatic amines is 1. The van der Waals surface area contributed by atoms with Crippen molar-refractivity contribution in [2.45, 2.75) is 31.1 Å². The van der Waals surface area contributed by atoms with Crippen molar-refractivity contribution >= 4 is 11.9 Å². The first kappa shape index (κ1) is 21.3. The van der Waals surface area contributed by atoms with E-state index in [4.69, 9.17) is 0 Å². The van der Waals surface area contributed by atoms with E-state index < -0.39 is 0 Å². The van der Waals surface area contributed by atoms with Crippen LogP contribution in [0.2, 0.25) is 0 Å². The molecular weight excluding hydrogens is 402 g/mol. The first-order valence-electron chi connectivity index (χ1n) is 10.4. The number of benzene rings is 2. The second-order valence-electron chi connectivity index (χ2n) is 7.55. The van der Waals surface area contributed by atoms with Crippen LogP contribution < -0.4 is 0 Å². The molecule has 0 saturated carbocycles. The number of rotatable bonds is 10. The third kappa shape index (κ3) is 6.79. The molecular formula is C25H27N5S. The van der Waals surface area contributed by atoms with Crippen LogP contribution in [0, 0.1) is 0 Å². The van der Waals surface area contributed by atoms with Crippen LogP contribution in [0.3, 0.4) is 0 Å². The van der Waals surface area contributed by atoms with Gasteiger partial charge in [-0.25, -0.2) is 9.29 Å². The molecule has 0 aliphatic carbocycles. The molecule has 2 heterocycles. The molecule has 0 atom stereocenters. The Kier molecular flexibility index (Phi) is 7.50. The van der Waals surface area contributed by atoms with Crippen molar-refractivity contribution in [3.05, 3.63) is 114 Å². The average Bonchev–Trinajstić information content (AvgIpc) is 3.29. The van der Waals surface area contributed by atoms with E-state index in [2.05, 4.69) is 91.9 Å². The molecule has 158 valence electrons. The Morgan fingerprint density at radius 2 is 1.52 bits per heavy atom. The molecule has 2 aromatic heterocycles. The average molecular weight is 430 g/mol. The van der Waals surface area contributed by atoms with E-state index in [1.807, 2.05) is 24.7 Å². The summed E-state index contributed by atoms with van der Waals surface area (Å²) in [5.74, 6) is 0.971. The summed E-state index contributed by atoms with van der Waals surface area (Å²) in [5.41, 5.74) is 3.80. The number of pyridine rings is 1. The number of hydrogen-bond donors (Lipinski definition) is 1. The molecule has 2 aromatic carbocycles. The topological polar surface area (TPSA) is 48.1 Å². The van der Waals surface area contributed by atoms with Gasteiger partial charge >= 0.3 is 0 Å². The van der Waals surface area contributed by atoms with Crippen molar-refractivity contribution in [1.82, 2.24) is 24.2 Å². The molecule has 0 amide bonds. The Morgan fingerprint density at radius 3 is 2.23 bits per heavy atom. The van der Waals surface area contributed by atoms with Crippen LogP contribution in [-0.2, 0) is 26.2 Å². The highest BCUT2D eigenvalue weighted by Crippen LogP contribution is 2.24. The predicted molar refractivity (Wildman–Crippen MR) is 126 cm³/mol. The second-order valence-corrected chi connectivity index (χ2v) is 8.83. The van der Waals surface area contributed by atoms with E-state index in [9.17, 15) is 0 Å². The van der Waals surface area contributed by atoms with Crippen LogP contribution in [-0.4, -0.2) is 31.2 Å². The van der Waals surface area contributed by atoms with Gasteiger partial charge in [-0.2, -0.15) is 0 Å². The van der Waals surface area contributed by atoms with E-state index >= 15 is 0 Å². The van der Waals surface area contributed by atoms with E-state index in [1.54, 1.807) is 18.1 Å². The summed E-state index contributed by atoms with van der Waals surface area (Å²) in [6.45, 7) is 3.35. The first-order chi connectivity index (χ1) is 15.2. The molecule has 0 radical (unpaired) electrons. The fourth-order valence-corrected chi connectivity index (χ4v) is 4.31. The van der Waals surface area contributed by atoms with Crippen LogP contribution in [0.5, 0.6) is 0 Å². The Hall–Kier alpha value is -2.93. The zero-order valence-corrected chi connectivity index (χ0v) is 18.5. The lowest BCUT2D eigenvalue weighted by molar-refractivity contribution is 0.241. The maximum absolute atomic E-state index is 4.40. The minimum Gasteiger partial charge on any atom is -0.348 e. The highest BCUT2D eigenvalue weighted by Gasteiger charge is 2.11. The summed E-state index contributed by atoms with van der Waals surface area (Å²) in [6.07, 6.45) is 7.41. The third-order valence-electron chi connectivity index (χ3n) is 4.90. The predicted octanol–water partition coefficient (Wildman–Crippen LogP) is 5.15. The molecule has 0 unspecified atom stereocenters. The molecule has 4 aromatic rings. The smallest absolute Gasteiger partial charge is 0.120 e. The molecule has 0 spiro atoms. The van der Waals surface area contributed by atoms with Gasteiger partial charge < -0.3 is 4.98 Å². The fourth-order valence-electron chi connectivity index (χ4n) is 3.48. The van der Waals surface area contributed by atoms with Crippen molar-refractivity contribution in [1.29, 1.82) is 0 Å². The minimum absolute atomic E-state index is 0.762. The summed E-state index contributed by atoms with van der Waals surface area (Å²) in [7, 11) is 2.13. The summed E-state index contributed by atoms with van der Waals surface area (Å²) < 4.78 is 2.26. The van der Waals surface area contributed by atoms with Gasteiger partial charge in [-0.05, 0) is 53.9 Å². The van der Waals surface area contributed by atoms with Crippen LogP contribution >= 0.6 is 11.9 Å². The van der Waals surface area contributed by atoms with E-state index in [0.717, 1.165) is 32.0 Å². The fraction of sp³-hybridized carbons (Fsp3) is 0.200. The minimum atomic E-state index is 0.762. The highest BCUT2D eigenvalue weighted by molar-refractivity contribution is 7.97. The van der Waals surface area contributed by atoms with Gasteiger partial charge in [-0.1, -0.05) is 48.5 Å². The molecule has 6 heteroatoms. The van der Waals surface area contributed by atoms with Crippen molar-refractivity contribution in [2.75, 3.05) is 7.05 Å². The molecule has 0 aliphatic rings. The van der Waals surface area contributed by atoms with Gasteiger partial charge in [0.2, 0.25) is 0 Å². The van der Waals surface area contributed by atoms with Gasteiger partial charge in [0.05, 0.1) is 6.54 Å². The molecule has 0 saturated heterocycles. The first-order valence-corrected chi connectivity index (χ1v) is 11.1. The lowest BCUT2D eigenvalue weighted by Gasteiger charge is -2.22. The summed E-state index contributed by atoms with van der Waals surface area (Å²) in [5, 5.41) is 0. The van der Waals surface area contributed by atoms with Crippen molar-refractivity contribution in [3.63, 3.8) is 0 Å². The SMILES string of the molecule is CN(Cc1ccccc1)Sc1ccc(CN(Cc2cccnc2)Cc2ncc[nH]2)cc1. The summed E-state index contributed by atoms with van der Waals surface area (Å²) in [4.78, 5) is 15.5. The van der Waals surface area contributed by atoms with Gasteiger partial charge in [0, 0.05) is 49.3 Å². The molecule has 0 bridgehead atoms. The van der Waals surface area contributed by atoms with Crippen molar-refractivity contribution < 1.29 is 0 Å². The number of imidazole rings is 1. The van der Waals surface area contributed by atoms with Crippen molar-refractivity contribution in [2.24, 2.45) is 0 Å². The zero-order chi connectivity index (χ0) is 21.3. The third-order valence-corrected chi connectivity index (χ3v) is 5.82. The standard InChI is InChI=1S/C25H27N5S/c1-29(17-21-6-3-2-4-7-21)31-24-11-9-22(10-12-24)18-30(20-25-27-14-15-28-25)19-23-8-5-13-26-16-23/h2-16H,17-20H2,1H3,(H,27,28). The Morgan fingerprint density at radius 1 is 0.774 bits per heavy atom. The summed E-state index contributed by atoms with van der Waals surface area (Å²) in [6, 6.07) is 23.5. The highest BCUT2D eigenvalue weighted by atomic mass is 32.2. The van der Waals surface area contributed by atoms with E-state index in [0.29, 0.717) is 0 Å². The van der Waals surface area contributed by atoms with Crippen LogP contribution in [0.4, 0.5) is 0 Å². The number of nitrogens with zero attached hydrogens (tertiary/aromatic N) is 4. The Balaban J connectivity index is 1.37. The molecule has 0 aliphatic heterocycles. The monoisotopic (exact) mass is 429 g/mol. The van der Waals surface area contributed by atoms with Crippen molar-refractivity contribution in [3.8, 4) is 0 Å². The van der Waals surface area contributed by atoms with Gasteiger partial charge in [-0.15, -0.1) is 0 Å². The molecule has 5 nitrogen and oxygen atoms in total. The van der Waals surface area contributed by atoms with Gasteiger partial charge in [0.15, 0.2) is 0 Å². The lowest BCUT2D eigenvalue weighted by Crippen LogP contribution is -2.23. The molecule has 4 rings (SSSR count). The van der Waals surface area contributed by atoms with Gasteiger partial charge in [0.1, 0.15) is 5.82 Å². The molecule has 31 heavy (non-hydrogen) atoms. The van der Waals surface area contributed by atoms with Crippen LogP contribution in [0.1, 0.15) is 22.5 Å². The van der Waals surface area contributed by atoms with E-state index in [-0.39, 0.29) is 0 Å². The van der Waals surface area contributed by atoms with Crippen LogP contribution in [0.25, 0.3) is 0 Å². The summed E-state index contributed by atoms with van der Waals surface area (Å²) >= 11 is 1.77. The normalized spacial score (nSPS) is 11.3. The maximum atomic E-state index is 4.40. The van der Waals surface area contributed by atoms with Crippen LogP contribution in [0.15, 0.2) is 96.4 Å². The zero-order valence-electron chi connectivity index (χ0n) is 17.7. The lowest BCUT2D eigenvalue weighted by atomic mass is 10.2. The van der Waals surface area contributed by atoms with E-state index in [1.165, 1.54) is 21.6 Å². The number of hydrogen-bond acceptors (Lipinski definition) is 5. The quantitative estimate of drug-likeness (QED) is 0.354. The molecule has 0 fully saturated rings. The number of nitrogens with one attached hydrogen (secondary N) is 1. The Bertz CT molecular complexity index is 1020.